The second kappa shape index (κ2) is 14.1. The number of hydrogen-bond acceptors (Lipinski definition) is 2. The molecule has 0 amide bonds. The molecule has 1 unspecified atom stereocenters. The molecule has 1 aromatic rings. The number of hydrogen-bond donors (Lipinski definition) is 0. The standard InChI is InChI=1S/C30H35ClO2/c1-9-13-25(19-21(4)5)28-16-12-15-27(22(28)6)23(7)30(31)29(14-10-2)24(11-3)20-26(33-8)17-18-32/h9-20,23H,3-4H2,1-2,5-8H3/b13-9-,14-10-,24-20+,25-19+,26-17-,30-29-. The maximum absolute atomic E-state index is 10.9. The number of benzene rings is 1. The van der Waals surface area contributed by atoms with E-state index < -0.39 is 0 Å². The molecule has 0 spiro atoms. The van der Waals surface area contributed by atoms with E-state index in [9.17, 15) is 4.79 Å². The van der Waals surface area contributed by atoms with Gasteiger partial charge >= 0.3 is 0 Å². The molecule has 0 fully saturated rings. The van der Waals surface area contributed by atoms with Crippen LogP contribution in [0.4, 0.5) is 0 Å². The van der Waals surface area contributed by atoms with Crippen molar-refractivity contribution in [3.8, 4) is 0 Å². The summed E-state index contributed by atoms with van der Waals surface area (Å²) in [6.45, 7) is 18.1. The van der Waals surface area contributed by atoms with Crippen LogP contribution in [0.1, 0.15) is 50.3 Å². The fourth-order valence-corrected chi connectivity index (χ4v) is 3.88. The van der Waals surface area contributed by atoms with Gasteiger partial charge in [-0.1, -0.05) is 91.9 Å². The predicted molar refractivity (Wildman–Crippen MR) is 144 cm³/mol. The minimum Gasteiger partial charge on any atom is -0.497 e. The Balaban J connectivity index is 3.72. The number of aldehydes is 1. The van der Waals surface area contributed by atoms with E-state index in [0.717, 1.165) is 39.0 Å². The first-order valence-electron chi connectivity index (χ1n) is 10.9. The minimum atomic E-state index is -0.0705. The molecule has 2 nitrogen and oxygen atoms in total. The molecule has 0 aliphatic heterocycles. The first-order chi connectivity index (χ1) is 15.7. The van der Waals surface area contributed by atoms with E-state index in [1.165, 1.54) is 13.2 Å². The van der Waals surface area contributed by atoms with E-state index in [1.54, 1.807) is 12.2 Å². The number of methoxy groups -OCH3 is 1. The third-order valence-corrected chi connectivity index (χ3v) is 5.70. The van der Waals surface area contributed by atoms with E-state index in [2.05, 4.69) is 57.4 Å². The molecular weight excluding hydrogens is 428 g/mol. The van der Waals surface area contributed by atoms with E-state index >= 15 is 0 Å². The second-order valence-electron chi connectivity index (χ2n) is 7.66. The average Bonchev–Trinajstić information content (AvgIpc) is 2.79. The number of carbonyl (C=O) groups is 1. The van der Waals surface area contributed by atoms with Gasteiger partial charge in [0.1, 0.15) is 12.0 Å². The highest BCUT2D eigenvalue weighted by molar-refractivity contribution is 6.31. The van der Waals surface area contributed by atoms with Gasteiger partial charge in [-0.25, -0.2) is 0 Å². The van der Waals surface area contributed by atoms with E-state index in [4.69, 9.17) is 16.3 Å². The quantitative estimate of drug-likeness (QED) is 0.142. The lowest BCUT2D eigenvalue weighted by molar-refractivity contribution is -0.104. The molecule has 1 atom stereocenters. The van der Waals surface area contributed by atoms with Crippen molar-refractivity contribution in [1.82, 2.24) is 0 Å². The van der Waals surface area contributed by atoms with E-state index in [-0.39, 0.29) is 5.92 Å². The monoisotopic (exact) mass is 462 g/mol. The average molecular weight is 463 g/mol. The van der Waals surface area contributed by atoms with Gasteiger partial charge in [0.2, 0.25) is 0 Å². The molecule has 0 aromatic heterocycles. The van der Waals surface area contributed by atoms with Gasteiger partial charge in [-0.15, -0.1) is 0 Å². The largest absolute Gasteiger partial charge is 0.497 e. The van der Waals surface area contributed by atoms with Crippen molar-refractivity contribution in [3.05, 3.63) is 124 Å². The zero-order valence-electron chi connectivity index (χ0n) is 20.6. The number of carbonyl (C=O) groups excluding carboxylic acids is 1. The smallest absolute Gasteiger partial charge is 0.146 e. The van der Waals surface area contributed by atoms with Gasteiger partial charge < -0.3 is 4.74 Å². The van der Waals surface area contributed by atoms with Crippen LogP contribution in [0, 0.1) is 6.92 Å². The van der Waals surface area contributed by atoms with Crippen LogP contribution in [0.25, 0.3) is 5.57 Å². The summed E-state index contributed by atoms with van der Waals surface area (Å²) in [4.78, 5) is 10.9. The molecule has 0 saturated heterocycles. The van der Waals surface area contributed by atoms with Crippen molar-refractivity contribution >= 4 is 23.5 Å². The summed E-state index contributed by atoms with van der Waals surface area (Å²) in [6.07, 6.45) is 15.6. The lowest BCUT2D eigenvalue weighted by atomic mass is 9.87. The van der Waals surface area contributed by atoms with Crippen LogP contribution in [0.3, 0.4) is 0 Å². The van der Waals surface area contributed by atoms with Crippen molar-refractivity contribution in [1.29, 1.82) is 0 Å². The maximum Gasteiger partial charge on any atom is 0.146 e. The molecule has 33 heavy (non-hydrogen) atoms. The Morgan fingerprint density at radius 3 is 2.33 bits per heavy atom. The van der Waals surface area contributed by atoms with E-state index in [0.29, 0.717) is 17.1 Å². The number of ether oxygens (including phenoxy) is 1. The molecule has 0 radical (unpaired) electrons. The first-order valence-corrected chi connectivity index (χ1v) is 11.3. The van der Waals surface area contributed by atoms with Gasteiger partial charge in [-0.05, 0) is 67.2 Å². The number of rotatable bonds is 11. The van der Waals surface area contributed by atoms with Crippen LogP contribution in [-0.4, -0.2) is 13.4 Å². The molecular formula is C30H35ClO2. The molecule has 0 heterocycles. The van der Waals surface area contributed by atoms with Crippen molar-refractivity contribution < 1.29 is 9.53 Å². The highest BCUT2D eigenvalue weighted by atomic mass is 35.5. The van der Waals surface area contributed by atoms with Gasteiger partial charge in [-0.2, -0.15) is 0 Å². The predicted octanol–water partition coefficient (Wildman–Crippen LogP) is 8.54. The Kier molecular flexibility index (Phi) is 12.0. The number of allylic oxidation sites excluding steroid dienone is 13. The maximum atomic E-state index is 10.9. The van der Waals surface area contributed by atoms with Gasteiger partial charge in [0, 0.05) is 17.0 Å². The summed E-state index contributed by atoms with van der Waals surface area (Å²) in [5.74, 6) is 0.358. The molecule has 0 bridgehead atoms. The molecule has 1 aromatic carbocycles. The Bertz CT molecular complexity index is 1060. The SMILES string of the molecule is C=CC(=C\C(=C\C=O)OC)/C(/C=C\C)=C(\Cl)C(C)c1cccc(C(/C=C\C)=C/C(=C)C)c1C. The van der Waals surface area contributed by atoms with Crippen LogP contribution in [0.5, 0.6) is 0 Å². The molecule has 0 aliphatic carbocycles. The van der Waals surface area contributed by atoms with Crippen molar-refractivity contribution in [2.24, 2.45) is 0 Å². The van der Waals surface area contributed by atoms with Crippen LogP contribution < -0.4 is 0 Å². The van der Waals surface area contributed by atoms with Crippen LogP contribution in [-0.2, 0) is 9.53 Å². The highest BCUT2D eigenvalue weighted by Gasteiger charge is 2.19. The normalized spacial score (nSPS) is 14.9. The summed E-state index contributed by atoms with van der Waals surface area (Å²) >= 11 is 7.00. The van der Waals surface area contributed by atoms with E-state index in [1.807, 2.05) is 39.0 Å². The minimum absolute atomic E-state index is 0.0705. The Hall–Kier alpha value is -3.10. The first kappa shape index (κ1) is 27.9. The molecule has 3 heteroatoms. The summed E-state index contributed by atoms with van der Waals surface area (Å²) in [5.41, 5.74) is 7.14. The van der Waals surface area contributed by atoms with Crippen molar-refractivity contribution in [2.45, 2.75) is 40.5 Å². The Labute approximate surface area is 204 Å². The van der Waals surface area contributed by atoms with Crippen LogP contribution >= 0.6 is 11.6 Å². The summed E-state index contributed by atoms with van der Waals surface area (Å²) < 4.78 is 5.29. The topological polar surface area (TPSA) is 26.3 Å². The van der Waals surface area contributed by atoms with Gasteiger partial charge in [0.15, 0.2) is 0 Å². The molecule has 0 aliphatic rings. The highest BCUT2D eigenvalue weighted by Crippen LogP contribution is 2.37. The summed E-state index contributed by atoms with van der Waals surface area (Å²) in [7, 11) is 1.52. The zero-order valence-corrected chi connectivity index (χ0v) is 21.4. The third-order valence-electron chi connectivity index (χ3n) is 5.17. The van der Waals surface area contributed by atoms with Crippen LogP contribution in [0.15, 0.2) is 107 Å². The molecule has 1 rings (SSSR count). The lowest BCUT2D eigenvalue weighted by Gasteiger charge is -2.20. The van der Waals surface area contributed by atoms with Gasteiger partial charge in [0.05, 0.1) is 7.11 Å². The van der Waals surface area contributed by atoms with Crippen molar-refractivity contribution in [2.75, 3.05) is 7.11 Å². The lowest BCUT2D eigenvalue weighted by Crippen LogP contribution is -2.03. The fourth-order valence-electron chi connectivity index (χ4n) is 3.59. The van der Waals surface area contributed by atoms with Gasteiger partial charge in [0.25, 0.3) is 0 Å². The molecule has 0 N–H and O–H groups in total. The zero-order chi connectivity index (χ0) is 25.0. The number of halogens is 1. The van der Waals surface area contributed by atoms with Gasteiger partial charge in [-0.3, -0.25) is 4.79 Å². The summed E-state index contributed by atoms with van der Waals surface area (Å²) in [6, 6.07) is 6.29. The molecule has 174 valence electrons. The fraction of sp³-hybridized carbons (Fsp3) is 0.233. The Morgan fingerprint density at radius 1 is 1.15 bits per heavy atom. The third kappa shape index (κ3) is 7.76. The van der Waals surface area contributed by atoms with Crippen LogP contribution in [0.2, 0.25) is 0 Å². The Morgan fingerprint density at radius 2 is 1.82 bits per heavy atom. The molecule has 0 saturated carbocycles. The second-order valence-corrected chi connectivity index (χ2v) is 8.07. The van der Waals surface area contributed by atoms with Crippen molar-refractivity contribution in [3.63, 3.8) is 0 Å². The summed E-state index contributed by atoms with van der Waals surface area (Å²) in [5, 5.41) is 0.678.